The number of Topliss-reactive ketones (excluding diaryl/α,β-unsaturated/α-hetero) is 1. The number of halogens is 2. The predicted octanol–water partition coefficient (Wildman–Crippen LogP) is 2.09. The molecule has 0 unspecified atom stereocenters. The molecule has 1 aromatic rings. The first kappa shape index (κ1) is 11.2. The van der Waals surface area contributed by atoms with E-state index in [1.165, 1.54) is 12.1 Å². The zero-order valence-electron chi connectivity index (χ0n) is 8.05. The number of amides is 1. The fourth-order valence-corrected chi connectivity index (χ4v) is 1.81. The summed E-state index contributed by atoms with van der Waals surface area (Å²) in [6.07, 6.45) is 0. The van der Waals surface area contributed by atoms with Crippen molar-refractivity contribution in [3.05, 3.63) is 22.7 Å². The van der Waals surface area contributed by atoms with Crippen LogP contribution in [0.25, 0.3) is 0 Å². The van der Waals surface area contributed by atoms with E-state index < -0.39 is 0 Å². The van der Waals surface area contributed by atoms with Gasteiger partial charge >= 0.3 is 0 Å². The maximum Gasteiger partial charge on any atom is 0.262 e. The number of rotatable bonds is 2. The highest BCUT2D eigenvalue weighted by molar-refractivity contribution is 6.33. The highest BCUT2D eigenvalue weighted by atomic mass is 35.5. The Morgan fingerprint density at radius 1 is 1.50 bits per heavy atom. The minimum Gasteiger partial charge on any atom is -0.481 e. The number of alkyl halides is 1. The molecule has 1 amide bonds. The van der Waals surface area contributed by atoms with Crippen molar-refractivity contribution in [2.75, 3.05) is 17.8 Å². The van der Waals surface area contributed by atoms with Crippen molar-refractivity contribution in [2.45, 2.75) is 0 Å². The van der Waals surface area contributed by atoms with Crippen molar-refractivity contribution in [1.29, 1.82) is 0 Å². The molecule has 0 spiro atoms. The van der Waals surface area contributed by atoms with Gasteiger partial charge in [0.25, 0.3) is 5.91 Å². The molecule has 1 N–H and O–H groups in total. The van der Waals surface area contributed by atoms with E-state index in [4.69, 9.17) is 27.9 Å². The Labute approximate surface area is 101 Å². The Morgan fingerprint density at radius 2 is 2.25 bits per heavy atom. The zero-order chi connectivity index (χ0) is 11.7. The van der Waals surface area contributed by atoms with Crippen LogP contribution in [0, 0.1) is 0 Å². The van der Waals surface area contributed by atoms with Gasteiger partial charge in [0.15, 0.2) is 18.1 Å². The van der Waals surface area contributed by atoms with Crippen molar-refractivity contribution in [1.82, 2.24) is 0 Å². The Balaban J connectivity index is 2.54. The molecule has 0 saturated heterocycles. The van der Waals surface area contributed by atoms with Gasteiger partial charge in [-0.15, -0.1) is 11.6 Å². The second-order valence-electron chi connectivity index (χ2n) is 3.22. The van der Waals surface area contributed by atoms with Crippen molar-refractivity contribution >= 4 is 40.6 Å². The van der Waals surface area contributed by atoms with Crippen molar-refractivity contribution in [3.63, 3.8) is 0 Å². The van der Waals surface area contributed by atoms with Crippen LogP contribution in [0.1, 0.15) is 10.4 Å². The molecule has 0 radical (unpaired) electrons. The largest absolute Gasteiger partial charge is 0.481 e. The quantitative estimate of drug-likeness (QED) is 0.654. The van der Waals surface area contributed by atoms with Crippen molar-refractivity contribution in [3.8, 4) is 5.75 Å². The van der Waals surface area contributed by atoms with Gasteiger partial charge in [-0.25, -0.2) is 0 Å². The Kier molecular flexibility index (Phi) is 3.03. The zero-order valence-corrected chi connectivity index (χ0v) is 9.56. The lowest BCUT2D eigenvalue weighted by Crippen LogP contribution is -2.26. The molecule has 0 saturated carbocycles. The van der Waals surface area contributed by atoms with Gasteiger partial charge in [0.1, 0.15) is 0 Å². The SMILES string of the molecule is O=C1COc2c(cc(Cl)cc2C(=O)CCl)N1. The number of nitrogens with one attached hydrogen (secondary N) is 1. The Morgan fingerprint density at radius 3 is 2.94 bits per heavy atom. The van der Waals surface area contributed by atoms with Crippen LogP contribution in [0.3, 0.4) is 0 Å². The second kappa shape index (κ2) is 4.31. The van der Waals surface area contributed by atoms with Crippen LogP contribution in [0.2, 0.25) is 5.02 Å². The molecule has 0 bridgehead atoms. The summed E-state index contributed by atoms with van der Waals surface area (Å²) in [6, 6.07) is 3.00. The Hall–Kier alpha value is -1.26. The highest BCUT2D eigenvalue weighted by Gasteiger charge is 2.23. The number of anilines is 1. The first-order chi connectivity index (χ1) is 7.61. The molecule has 0 aromatic heterocycles. The number of benzene rings is 1. The standard InChI is InChI=1S/C10H7Cl2NO3/c11-3-8(14)6-1-5(12)2-7-10(6)16-4-9(15)13-7/h1-2H,3-4H2,(H,13,15). The molecule has 84 valence electrons. The van der Waals surface area contributed by atoms with Gasteiger partial charge in [0.05, 0.1) is 17.1 Å². The average molecular weight is 260 g/mol. The molecule has 16 heavy (non-hydrogen) atoms. The van der Waals surface area contributed by atoms with E-state index in [0.717, 1.165) is 0 Å². The first-order valence-electron chi connectivity index (χ1n) is 4.47. The van der Waals surface area contributed by atoms with E-state index in [2.05, 4.69) is 5.32 Å². The van der Waals surface area contributed by atoms with Gasteiger partial charge in [-0.3, -0.25) is 9.59 Å². The summed E-state index contributed by atoms with van der Waals surface area (Å²) in [6.45, 7) is -0.114. The number of carbonyl (C=O) groups excluding carboxylic acids is 2. The van der Waals surface area contributed by atoms with Crippen LogP contribution in [0.5, 0.6) is 5.75 Å². The smallest absolute Gasteiger partial charge is 0.262 e. The lowest BCUT2D eigenvalue weighted by atomic mass is 10.1. The fraction of sp³-hybridized carbons (Fsp3) is 0.200. The van der Waals surface area contributed by atoms with Crippen molar-refractivity contribution < 1.29 is 14.3 Å². The number of ketones is 1. The lowest BCUT2D eigenvalue weighted by Gasteiger charge is -2.20. The molecule has 2 rings (SSSR count). The molecule has 1 aliphatic heterocycles. The maximum absolute atomic E-state index is 11.5. The van der Waals surface area contributed by atoms with Gasteiger partial charge in [0, 0.05) is 5.02 Å². The van der Waals surface area contributed by atoms with E-state index >= 15 is 0 Å². The molecule has 6 heteroatoms. The van der Waals surface area contributed by atoms with Crippen LogP contribution in [-0.2, 0) is 4.79 Å². The van der Waals surface area contributed by atoms with Crippen LogP contribution < -0.4 is 10.1 Å². The van der Waals surface area contributed by atoms with E-state index in [0.29, 0.717) is 16.5 Å². The molecule has 1 aliphatic rings. The number of carbonyl (C=O) groups is 2. The van der Waals surface area contributed by atoms with Crippen molar-refractivity contribution in [2.24, 2.45) is 0 Å². The third-order valence-corrected chi connectivity index (χ3v) is 2.56. The molecule has 0 atom stereocenters. The topological polar surface area (TPSA) is 55.4 Å². The summed E-state index contributed by atoms with van der Waals surface area (Å²) < 4.78 is 5.19. The normalized spacial score (nSPS) is 13.8. The number of hydrogen-bond acceptors (Lipinski definition) is 3. The van der Waals surface area contributed by atoms with Crippen LogP contribution in [0.4, 0.5) is 5.69 Å². The predicted molar refractivity (Wildman–Crippen MR) is 60.6 cm³/mol. The summed E-state index contributed by atoms with van der Waals surface area (Å²) >= 11 is 11.3. The molecule has 4 nitrogen and oxygen atoms in total. The molecule has 0 fully saturated rings. The van der Waals surface area contributed by atoms with E-state index in [9.17, 15) is 9.59 Å². The molecule has 1 heterocycles. The summed E-state index contributed by atoms with van der Waals surface area (Å²) in [5, 5.41) is 2.92. The molecule has 1 aromatic carbocycles. The lowest BCUT2D eigenvalue weighted by molar-refractivity contribution is -0.118. The minimum absolute atomic E-state index is 0.114. The van der Waals surface area contributed by atoms with Gasteiger partial charge in [-0.1, -0.05) is 11.6 Å². The van der Waals surface area contributed by atoms with Gasteiger partial charge in [-0.2, -0.15) is 0 Å². The number of hydrogen-bond donors (Lipinski definition) is 1. The maximum atomic E-state index is 11.5. The minimum atomic E-state index is -0.295. The summed E-state index contributed by atoms with van der Waals surface area (Å²) in [5.41, 5.74) is 0.690. The average Bonchev–Trinajstić information content (AvgIpc) is 2.26. The molecule has 0 aliphatic carbocycles. The third kappa shape index (κ3) is 1.99. The first-order valence-corrected chi connectivity index (χ1v) is 5.38. The highest BCUT2D eigenvalue weighted by Crippen LogP contribution is 2.35. The van der Waals surface area contributed by atoms with E-state index in [1.54, 1.807) is 0 Å². The molecular formula is C10H7Cl2NO3. The second-order valence-corrected chi connectivity index (χ2v) is 3.93. The van der Waals surface area contributed by atoms with Gasteiger partial charge < -0.3 is 10.1 Å². The van der Waals surface area contributed by atoms with Crippen LogP contribution in [-0.4, -0.2) is 24.2 Å². The number of ether oxygens (including phenoxy) is 1. The fourth-order valence-electron chi connectivity index (χ4n) is 1.45. The summed E-state index contributed by atoms with van der Waals surface area (Å²) in [5.74, 6) is -0.408. The number of fused-ring (bicyclic) bond motifs is 1. The Bertz CT molecular complexity index is 473. The van der Waals surface area contributed by atoms with E-state index in [1.807, 2.05) is 0 Å². The monoisotopic (exact) mass is 259 g/mol. The summed E-state index contributed by atoms with van der Waals surface area (Å²) in [7, 11) is 0. The van der Waals surface area contributed by atoms with Gasteiger partial charge in [0.2, 0.25) is 0 Å². The van der Waals surface area contributed by atoms with Crippen LogP contribution in [0.15, 0.2) is 12.1 Å². The third-order valence-electron chi connectivity index (χ3n) is 2.10. The van der Waals surface area contributed by atoms with E-state index in [-0.39, 0.29) is 29.7 Å². The molecular weight excluding hydrogens is 253 g/mol. The summed E-state index contributed by atoms with van der Waals surface area (Å²) in [4.78, 5) is 22.6. The van der Waals surface area contributed by atoms with Gasteiger partial charge in [-0.05, 0) is 12.1 Å². The van der Waals surface area contributed by atoms with Crippen LogP contribution >= 0.6 is 23.2 Å².